The topological polar surface area (TPSA) is 154 Å². The maximum atomic E-state index is 13.2. The number of aliphatic carboxylic acids is 1. The van der Waals surface area contributed by atoms with Crippen molar-refractivity contribution in [2.75, 3.05) is 30.9 Å². The van der Waals surface area contributed by atoms with E-state index in [2.05, 4.69) is 16.0 Å². The Morgan fingerprint density at radius 1 is 1.05 bits per heavy atom. The number of anilines is 2. The minimum Gasteiger partial charge on any atom is -0.497 e. The molecule has 1 atom stereocenters. The number of benzene rings is 3. The van der Waals surface area contributed by atoms with Gasteiger partial charge in [0.2, 0.25) is 5.91 Å². The summed E-state index contributed by atoms with van der Waals surface area (Å²) in [5.41, 5.74) is 2.27. The van der Waals surface area contributed by atoms with Crippen molar-refractivity contribution < 1.29 is 33.8 Å². The Bertz CT molecular complexity index is 1520. The molecular weight excluding hydrogens is 540 g/mol. The van der Waals surface area contributed by atoms with Gasteiger partial charge in [-0.1, -0.05) is 23.7 Å². The fourth-order valence-electron chi connectivity index (χ4n) is 4.18. The van der Waals surface area contributed by atoms with Crippen molar-refractivity contribution in [2.24, 2.45) is 0 Å². The lowest BCUT2D eigenvalue weighted by Gasteiger charge is -2.20. The molecule has 0 fully saturated rings. The van der Waals surface area contributed by atoms with Crippen LogP contribution in [-0.2, 0) is 16.0 Å². The van der Waals surface area contributed by atoms with Crippen LogP contribution in [-0.4, -0.2) is 61.4 Å². The number of nitrogens with one attached hydrogen (secondary N) is 3. The molecule has 3 aromatic carbocycles. The fourth-order valence-corrected chi connectivity index (χ4v) is 4.45. The molecule has 1 heterocycles. The van der Waals surface area contributed by atoms with Crippen LogP contribution in [0.5, 0.6) is 5.75 Å². The Kier molecular flexibility index (Phi) is 8.34. The zero-order valence-electron chi connectivity index (χ0n) is 21.5. The maximum absolute atomic E-state index is 13.2. The lowest BCUT2D eigenvalue weighted by Crippen LogP contribution is -2.48. The van der Waals surface area contributed by atoms with E-state index in [4.69, 9.17) is 16.3 Å². The predicted octanol–water partition coefficient (Wildman–Crippen LogP) is 2.73. The zero-order valence-corrected chi connectivity index (χ0v) is 22.2. The molecule has 4 rings (SSSR count). The number of carbonyl (C=O) groups is 5. The average molecular weight is 565 g/mol. The standard InChI is InChI=1S/C28H25ClN4O7/c1-33(23-8-4-7-21-19(23)13-24(34)31-21)27(37)16-9-10-18(20(29)12-16)26(36)32-22(28(38)39)14-30-25(35)15-5-3-6-17(11-15)40-2/h3-12,22H,13-14H2,1-2H3,(H,30,35)(H,31,34)(H,32,36)(H,38,39)/t22-/m0/s1. The highest BCUT2D eigenvalue weighted by Gasteiger charge is 2.26. The summed E-state index contributed by atoms with van der Waals surface area (Å²) >= 11 is 6.32. The second-order valence-corrected chi connectivity index (χ2v) is 9.30. The number of nitrogens with zero attached hydrogens (tertiary/aromatic N) is 1. The van der Waals surface area contributed by atoms with E-state index in [1.807, 2.05) is 0 Å². The van der Waals surface area contributed by atoms with Crippen molar-refractivity contribution >= 4 is 52.6 Å². The third kappa shape index (κ3) is 6.05. The summed E-state index contributed by atoms with van der Waals surface area (Å²) in [6.45, 7) is -0.394. The van der Waals surface area contributed by atoms with Crippen molar-refractivity contribution in [2.45, 2.75) is 12.5 Å². The number of amides is 4. The molecule has 0 aliphatic carbocycles. The molecule has 1 aliphatic heterocycles. The Morgan fingerprint density at radius 2 is 1.80 bits per heavy atom. The number of carboxylic acids is 1. The number of ether oxygens (including phenoxy) is 1. The Morgan fingerprint density at radius 3 is 2.50 bits per heavy atom. The molecule has 0 aromatic heterocycles. The molecule has 0 saturated heterocycles. The number of rotatable bonds is 9. The molecule has 3 aromatic rings. The SMILES string of the molecule is COc1cccc(C(=O)NC[C@H](NC(=O)c2ccc(C(=O)N(C)c3cccc4c3CC(=O)N4)cc2Cl)C(=O)O)c1. The number of carboxylic acid groups (broad SMARTS) is 1. The smallest absolute Gasteiger partial charge is 0.328 e. The highest BCUT2D eigenvalue weighted by molar-refractivity contribution is 6.34. The van der Waals surface area contributed by atoms with Gasteiger partial charge in [0.05, 0.1) is 24.1 Å². The second kappa shape index (κ2) is 11.9. The molecule has 0 spiro atoms. The van der Waals surface area contributed by atoms with E-state index in [-0.39, 0.29) is 34.0 Å². The Labute approximate surface area is 234 Å². The van der Waals surface area contributed by atoms with Gasteiger partial charge < -0.3 is 30.7 Å². The lowest BCUT2D eigenvalue weighted by molar-refractivity contribution is -0.139. The molecule has 4 N–H and O–H groups in total. The number of fused-ring (bicyclic) bond motifs is 1. The van der Waals surface area contributed by atoms with Crippen LogP contribution in [0.2, 0.25) is 5.02 Å². The molecular formula is C28H25ClN4O7. The van der Waals surface area contributed by atoms with Crippen LogP contribution >= 0.6 is 11.6 Å². The van der Waals surface area contributed by atoms with Crippen LogP contribution in [0.15, 0.2) is 60.7 Å². The molecule has 4 amide bonds. The van der Waals surface area contributed by atoms with Gasteiger partial charge in [0, 0.05) is 41.7 Å². The van der Waals surface area contributed by atoms with Crippen molar-refractivity contribution in [1.29, 1.82) is 0 Å². The van der Waals surface area contributed by atoms with Gasteiger partial charge in [-0.15, -0.1) is 0 Å². The van der Waals surface area contributed by atoms with E-state index in [0.717, 1.165) is 0 Å². The number of halogens is 1. The monoisotopic (exact) mass is 564 g/mol. The van der Waals surface area contributed by atoms with Crippen molar-refractivity contribution in [3.63, 3.8) is 0 Å². The first-order chi connectivity index (χ1) is 19.1. The first kappa shape index (κ1) is 28.1. The number of carbonyl (C=O) groups excluding carboxylic acids is 4. The third-order valence-electron chi connectivity index (χ3n) is 6.29. The minimum atomic E-state index is -1.46. The number of hydrogen-bond acceptors (Lipinski definition) is 6. The van der Waals surface area contributed by atoms with Gasteiger partial charge >= 0.3 is 5.97 Å². The van der Waals surface area contributed by atoms with E-state index < -0.39 is 36.3 Å². The normalized spacial score (nSPS) is 12.5. The summed E-state index contributed by atoms with van der Waals surface area (Å²) in [5.74, 6) is -2.85. The Hall–Kier alpha value is -4.90. The van der Waals surface area contributed by atoms with Crippen LogP contribution < -0.4 is 25.6 Å². The summed E-state index contributed by atoms with van der Waals surface area (Å²) in [6, 6.07) is 14.1. The quantitative estimate of drug-likeness (QED) is 0.311. The first-order valence-electron chi connectivity index (χ1n) is 12.0. The van der Waals surface area contributed by atoms with Crippen molar-refractivity contribution in [1.82, 2.24) is 10.6 Å². The summed E-state index contributed by atoms with van der Waals surface area (Å²) in [5, 5.41) is 17.1. The van der Waals surface area contributed by atoms with Gasteiger partial charge in [0.15, 0.2) is 0 Å². The van der Waals surface area contributed by atoms with E-state index in [0.29, 0.717) is 22.7 Å². The zero-order chi connectivity index (χ0) is 29.0. The van der Waals surface area contributed by atoms with E-state index in [1.165, 1.54) is 42.3 Å². The largest absolute Gasteiger partial charge is 0.497 e. The van der Waals surface area contributed by atoms with Crippen LogP contribution in [0, 0.1) is 0 Å². The van der Waals surface area contributed by atoms with Gasteiger partial charge in [-0.25, -0.2) is 4.79 Å². The third-order valence-corrected chi connectivity index (χ3v) is 6.60. The summed E-state index contributed by atoms with van der Waals surface area (Å²) in [6.07, 6.45) is 0.147. The van der Waals surface area contributed by atoms with Crippen molar-refractivity contribution in [3.8, 4) is 5.75 Å². The summed E-state index contributed by atoms with van der Waals surface area (Å²) < 4.78 is 5.08. The predicted molar refractivity (Wildman–Crippen MR) is 147 cm³/mol. The minimum absolute atomic E-state index is 0.0540. The van der Waals surface area contributed by atoms with E-state index >= 15 is 0 Å². The van der Waals surface area contributed by atoms with Crippen LogP contribution in [0.1, 0.15) is 36.6 Å². The van der Waals surface area contributed by atoms with E-state index in [1.54, 1.807) is 37.4 Å². The highest BCUT2D eigenvalue weighted by atomic mass is 35.5. The highest BCUT2D eigenvalue weighted by Crippen LogP contribution is 2.32. The fraction of sp³-hybridized carbons (Fsp3) is 0.179. The summed E-state index contributed by atoms with van der Waals surface area (Å²) in [4.78, 5) is 63.4. The van der Waals surface area contributed by atoms with Crippen molar-refractivity contribution in [3.05, 3.63) is 87.9 Å². The van der Waals surface area contributed by atoms with Gasteiger partial charge in [-0.2, -0.15) is 0 Å². The molecule has 0 unspecified atom stereocenters. The molecule has 1 aliphatic rings. The molecule has 0 saturated carbocycles. The second-order valence-electron chi connectivity index (χ2n) is 8.89. The first-order valence-corrected chi connectivity index (χ1v) is 12.4. The molecule has 206 valence electrons. The molecule has 0 bridgehead atoms. The van der Waals surface area contributed by atoms with Gasteiger partial charge in [0.25, 0.3) is 17.7 Å². The number of methoxy groups -OCH3 is 1. The molecule has 40 heavy (non-hydrogen) atoms. The average Bonchev–Trinajstić information content (AvgIpc) is 3.34. The van der Waals surface area contributed by atoms with Gasteiger partial charge in [-0.3, -0.25) is 19.2 Å². The van der Waals surface area contributed by atoms with Crippen LogP contribution in [0.25, 0.3) is 0 Å². The van der Waals surface area contributed by atoms with Crippen LogP contribution in [0.3, 0.4) is 0 Å². The molecule has 12 heteroatoms. The Balaban J connectivity index is 1.43. The lowest BCUT2D eigenvalue weighted by atomic mass is 10.1. The van der Waals surface area contributed by atoms with Gasteiger partial charge in [-0.05, 0) is 48.5 Å². The van der Waals surface area contributed by atoms with E-state index in [9.17, 15) is 29.1 Å². The molecule has 0 radical (unpaired) electrons. The number of hydrogen-bond donors (Lipinski definition) is 4. The maximum Gasteiger partial charge on any atom is 0.328 e. The van der Waals surface area contributed by atoms with Gasteiger partial charge in [0.1, 0.15) is 11.8 Å². The molecule has 11 nitrogen and oxygen atoms in total. The van der Waals surface area contributed by atoms with Crippen LogP contribution in [0.4, 0.5) is 11.4 Å². The summed E-state index contributed by atoms with van der Waals surface area (Å²) in [7, 11) is 3.01.